The fourth-order valence-corrected chi connectivity index (χ4v) is 5.91. The van der Waals surface area contributed by atoms with Crippen LogP contribution in [0.2, 0.25) is 0 Å². The molecule has 2 heterocycles. The van der Waals surface area contributed by atoms with Gasteiger partial charge in [0.25, 0.3) is 5.56 Å². The number of aromatic nitrogens is 1. The van der Waals surface area contributed by atoms with Crippen molar-refractivity contribution in [2.24, 2.45) is 4.99 Å². The zero-order valence-corrected chi connectivity index (χ0v) is 21.8. The first kappa shape index (κ1) is 24.7. The van der Waals surface area contributed by atoms with Gasteiger partial charge in [0.15, 0.2) is 4.80 Å². The maximum atomic E-state index is 14.0. The van der Waals surface area contributed by atoms with Gasteiger partial charge in [-0.3, -0.25) is 9.36 Å². The highest BCUT2D eigenvalue weighted by atomic mass is 32.1. The Kier molecular flexibility index (Phi) is 6.50. The van der Waals surface area contributed by atoms with Crippen LogP contribution in [0.3, 0.4) is 0 Å². The molecule has 0 radical (unpaired) electrons. The molecule has 0 unspecified atom stereocenters. The molecule has 0 N–H and O–H groups in total. The Hall–Kier alpha value is -4.62. The number of esters is 1. The average Bonchev–Trinajstić information content (AvgIpc) is 3.27. The Balaban J connectivity index is 1.66. The van der Waals surface area contributed by atoms with Gasteiger partial charge in [-0.1, -0.05) is 96.3 Å². The number of benzene rings is 4. The van der Waals surface area contributed by atoms with Crippen LogP contribution in [-0.2, 0) is 9.53 Å². The van der Waals surface area contributed by atoms with Crippen molar-refractivity contribution < 1.29 is 13.9 Å². The maximum Gasteiger partial charge on any atom is 0.338 e. The van der Waals surface area contributed by atoms with Gasteiger partial charge in [-0.05, 0) is 47.0 Å². The summed E-state index contributed by atoms with van der Waals surface area (Å²) >= 11 is 1.26. The maximum absolute atomic E-state index is 14.0. The van der Waals surface area contributed by atoms with Gasteiger partial charge in [-0.2, -0.15) is 0 Å². The summed E-state index contributed by atoms with van der Waals surface area (Å²) in [6.07, 6.45) is 1.87. The summed E-state index contributed by atoms with van der Waals surface area (Å²) < 4.78 is 21.4. The third kappa shape index (κ3) is 4.51. The van der Waals surface area contributed by atoms with Gasteiger partial charge in [0.05, 0.1) is 28.5 Å². The summed E-state index contributed by atoms with van der Waals surface area (Å²) in [6, 6.07) is 28.3. The molecular formula is C32H23FN2O3S. The Morgan fingerprint density at radius 3 is 2.46 bits per heavy atom. The highest BCUT2D eigenvalue weighted by Gasteiger charge is 2.35. The van der Waals surface area contributed by atoms with Crippen molar-refractivity contribution in [1.29, 1.82) is 0 Å². The van der Waals surface area contributed by atoms with Crippen LogP contribution < -0.4 is 14.9 Å². The van der Waals surface area contributed by atoms with Crippen LogP contribution in [0.4, 0.5) is 4.39 Å². The third-order valence-electron chi connectivity index (χ3n) is 6.67. The summed E-state index contributed by atoms with van der Waals surface area (Å²) in [5.41, 5.74) is 2.60. The van der Waals surface area contributed by atoms with Gasteiger partial charge in [-0.15, -0.1) is 0 Å². The average molecular weight is 535 g/mol. The normalized spacial score (nSPS) is 15.2. The lowest BCUT2D eigenvalue weighted by Gasteiger charge is -2.25. The lowest BCUT2D eigenvalue weighted by Crippen LogP contribution is -2.40. The number of ether oxygens (including phenoxy) is 1. The van der Waals surface area contributed by atoms with Gasteiger partial charge in [-0.25, -0.2) is 14.2 Å². The molecule has 1 aliphatic heterocycles. The van der Waals surface area contributed by atoms with Crippen molar-refractivity contribution >= 4 is 39.9 Å². The summed E-state index contributed by atoms with van der Waals surface area (Å²) in [7, 11) is 0. The van der Waals surface area contributed by atoms with E-state index in [4.69, 9.17) is 9.73 Å². The van der Waals surface area contributed by atoms with E-state index < -0.39 is 17.8 Å². The fraction of sp³-hybridized carbons (Fsp3) is 0.0938. The molecule has 0 amide bonds. The molecule has 1 atom stereocenters. The monoisotopic (exact) mass is 534 g/mol. The second-order valence-corrected chi connectivity index (χ2v) is 10.1. The first-order valence-electron chi connectivity index (χ1n) is 12.6. The minimum absolute atomic E-state index is 0.159. The first-order valence-corrected chi connectivity index (χ1v) is 13.4. The highest BCUT2D eigenvalue weighted by molar-refractivity contribution is 7.07. The minimum atomic E-state index is -0.842. The second kappa shape index (κ2) is 10.3. The Labute approximate surface area is 227 Å². The van der Waals surface area contributed by atoms with Gasteiger partial charge in [0, 0.05) is 5.56 Å². The topological polar surface area (TPSA) is 60.7 Å². The molecule has 5 aromatic rings. The molecule has 0 saturated carbocycles. The van der Waals surface area contributed by atoms with Crippen molar-refractivity contribution in [3.63, 3.8) is 0 Å². The van der Waals surface area contributed by atoms with E-state index in [2.05, 4.69) is 0 Å². The molecule has 1 aliphatic rings. The molecule has 0 saturated heterocycles. The predicted octanol–water partition coefficient (Wildman–Crippen LogP) is 5.23. The SMILES string of the molecule is CCOC(=O)C1=C(c2ccccc2)N=c2s/c(=C\c3cccc4ccccc34)c(=O)n2[C@@H]1c1ccc(F)cc1. The quantitative estimate of drug-likeness (QED) is 0.290. The summed E-state index contributed by atoms with van der Waals surface area (Å²) in [4.78, 5) is 32.8. The number of carbonyl (C=O) groups excluding carboxylic acids is 1. The molecule has 1 aromatic heterocycles. The molecule has 0 fully saturated rings. The predicted molar refractivity (Wildman–Crippen MR) is 151 cm³/mol. The van der Waals surface area contributed by atoms with E-state index >= 15 is 0 Å². The minimum Gasteiger partial charge on any atom is -0.463 e. The molecule has 0 bridgehead atoms. The number of carbonyl (C=O) groups is 1. The number of thiazole rings is 1. The summed E-state index contributed by atoms with van der Waals surface area (Å²) in [6.45, 7) is 1.89. The zero-order chi connectivity index (χ0) is 26.9. The number of nitrogens with zero attached hydrogens (tertiary/aromatic N) is 2. The number of rotatable bonds is 5. The molecule has 0 aliphatic carbocycles. The van der Waals surface area contributed by atoms with E-state index in [1.54, 1.807) is 19.1 Å². The van der Waals surface area contributed by atoms with Gasteiger partial charge in [0.2, 0.25) is 0 Å². The van der Waals surface area contributed by atoms with E-state index in [0.29, 0.717) is 20.6 Å². The van der Waals surface area contributed by atoms with Crippen LogP contribution in [0.25, 0.3) is 22.5 Å². The van der Waals surface area contributed by atoms with Crippen molar-refractivity contribution in [2.75, 3.05) is 6.61 Å². The van der Waals surface area contributed by atoms with E-state index in [1.807, 2.05) is 78.9 Å². The van der Waals surface area contributed by atoms with E-state index in [-0.39, 0.29) is 17.7 Å². The van der Waals surface area contributed by atoms with Crippen molar-refractivity contribution in [1.82, 2.24) is 4.57 Å². The largest absolute Gasteiger partial charge is 0.463 e. The number of fused-ring (bicyclic) bond motifs is 2. The molecule has 7 heteroatoms. The van der Waals surface area contributed by atoms with E-state index in [0.717, 1.165) is 21.9 Å². The fourth-order valence-electron chi connectivity index (χ4n) is 4.92. The number of halogens is 1. The summed E-state index contributed by atoms with van der Waals surface area (Å²) in [5, 5.41) is 2.09. The van der Waals surface area contributed by atoms with Crippen molar-refractivity contribution in [3.05, 3.63) is 145 Å². The van der Waals surface area contributed by atoms with Crippen LogP contribution in [-0.4, -0.2) is 17.1 Å². The van der Waals surface area contributed by atoms with Gasteiger partial charge >= 0.3 is 5.97 Å². The van der Waals surface area contributed by atoms with Crippen molar-refractivity contribution in [3.8, 4) is 0 Å². The van der Waals surface area contributed by atoms with E-state index in [1.165, 1.54) is 28.0 Å². The lowest BCUT2D eigenvalue weighted by atomic mass is 9.93. The van der Waals surface area contributed by atoms with E-state index in [9.17, 15) is 14.0 Å². The summed E-state index contributed by atoms with van der Waals surface area (Å²) in [5.74, 6) is -0.982. The van der Waals surface area contributed by atoms with Gasteiger partial charge in [0.1, 0.15) is 5.82 Å². The molecule has 39 heavy (non-hydrogen) atoms. The number of hydrogen-bond acceptors (Lipinski definition) is 5. The zero-order valence-electron chi connectivity index (χ0n) is 21.0. The molecule has 0 spiro atoms. The lowest BCUT2D eigenvalue weighted by molar-refractivity contribution is -0.138. The Morgan fingerprint density at radius 1 is 0.974 bits per heavy atom. The smallest absolute Gasteiger partial charge is 0.338 e. The standard InChI is InChI=1S/C32H23FN2O3S/c1-2-38-31(37)27-28(21-10-4-3-5-11-21)34-32-35(29(27)22-15-17-24(33)18-16-22)30(36)26(39-32)19-23-13-8-12-20-9-6-7-14-25(20)23/h3-19,29H,2H2,1H3/b26-19-/t29-/m1/s1. The molecule has 4 aromatic carbocycles. The molecule has 6 rings (SSSR count). The highest BCUT2D eigenvalue weighted by Crippen LogP contribution is 2.35. The van der Waals surface area contributed by atoms with Crippen LogP contribution in [0.5, 0.6) is 0 Å². The molecule has 5 nitrogen and oxygen atoms in total. The van der Waals surface area contributed by atoms with Crippen molar-refractivity contribution in [2.45, 2.75) is 13.0 Å². The second-order valence-electron chi connectivity index (χ2n) is 9.05. The molecular weight excluding hydrogens is 511 g/mol. The van der Waals surface area contributed by atoms with Crippen LogP contribution in [0.1, 0.15) is 29.7 Å². The number of hydrogen-bond donors (Lipinski definition) is 0. The Morgan fingerprint density at radius 2 is 1.69 bits per heavy atom. The Bertz CT molecular complexity index is 1920. The molecule has 192 valence electrons. The van der Waals surface area contributed by atoms with Crippen LogP contribution >= 0.6 is 11.3 Å². The van der Waals surface area contributed by atoms with Crippen LogP contribution in [0, 0.1) is 5.82 Å². The van der Waals surface area contributed by atoms with Crippen LogP contribution in [0.15, 0.2) is 112 Å². The first-order chi connectivity index (χ1) is 19.0. The third-order valence-corrected chi connectivity index (χ3v) is 7.65. The van der Waals surface area contributed by atoms with Gasteiger partial charge < -0.3 is 4.74 Å².